The fraction of sp³-hybridized carbons (Fsp3) is 0.300. The van der Waals surface area contributed by atoms with Gasteiger partial charge in [0.25, 0.3) is 5.91 Å². The SMILES string of the molecule is C[C@H](NC(=O)c1cc(C(F)(F)F)cc(S(=O)(=O)C2CC2)c1)c1ncnn1-c1ccc(Cl)cn1. The first-order chi connectivity index (χ1) is 15.5. The molecule has 1 aliphatic rings. The number of pyridine rings is 1. The fourth-order valence-electron chi connectivity index (χ4n) is 3.19. The van der Waals surface area contributed by atoms with Crippen molar-refractivity contribution in [3.8, 4) is 5.82 Å². The van der Waals surface area contributed by atoms with Gasteiger partial charge in [-0.2, -0.15) is 23.0 Å². The molecule has 2 aromatic heterocycles. The Hall–Kier alpha value is -2.99. The molecular formula is C20H17ClF3N5O3S. The predicted molar refractivity (Wildman–Crippen MR) is 112 cm³/mol. The molecule has 1 aliphatic carbocycles. The molecule has 13 heteroatoms. The zero-order valence-corrected chi connectivity index (χ0v) is 18.6. The van der Waals surface area contributed by atoms with Crippen LogP contribution in [0, 0.1) is 0 Å². The summed E-state index contributed by atoms with van der Waals surface area (Å²) in [6, 6.07) is 4.53. The Morgan fingerprint density at radius 2 is 1.94 bits per heavy atom. The van der Waals surface area contributed by atoms with Gasteiger partial charge in [0.15, 0.2) is 21.5 Å². The van der Waals surface area contributed by atoms with Crippen LogP contribution in [0.3, 0.4) is 0 Å². The molecule has 2 heterocycles. The summed E-state index contributed by atoms with van der Waals surface area (Å²) in [5.41, 5.74) is -1.64. The van der Waals surface area contributed by atoms with E-state index in [1.165, 1.54) is 17.2 Å². The van der Waals surface area contributed by atoms with Crippen molar-refractivity contribution < 1.29 is 26.4 Å². The van der Waals surface area contributed by atoms with E-state index in [1.54, 1.807) is 19.1 Å². The number of hydrogen-bond donors (Lipinski definition) is 1. The third-order valence-electron chi connectivity index (χ3n) is 5.03. The number of carbonyl (C=O) groups is 1. The van der Waals surface area contributed by atoms with Crippen molar-refractivity contribution in [3.05, 3.63) is 64.8 Å². The molecule has 33 heavy (non-hydrogen) atoms. The molecule has 8 nitrogen and oxygen atoms in total. The highest BCUT2D eigenvalue weighted by atomic mass is 35.5. The van der Waals surface area contributed by atoms with Crippen LogP contribution in [-0.2, 0) is 16.0 Å². The Morgan fingerprint density at radius 3 is 2.55 bits per heavy atom. The van der Waals surface area contributed by atoms with Gasteiger partial charge in [-0.15, -0.1) is 0 Å². The van der Waals surface area contributed by atoms with Gasteiger partial charge in [-0.3, -0.25) is 4.79 Å². The number of hydrogen-bond acceptors (Lipinski definition) is 6. The summed E-state index contributed by atoms with van der Waals surface area (Å²) in [6.07, 6.45) is -1.43. The second-order valence-corrected chi connectivity index (χ2v) is 10.2. The number of amides is 1. The highest BCUT2D eigenvalue weighted by molar-refractivity contribution is 7.92. The van der Waals surface area contributed by atoms with Crippen LogP contribution in [0.2, 0.25) is 5.02 Å². The number of nitrogens with one attached hydrogen (secondary N) is 1. The van der Waals surface area contributed by atoms with Crippen LogP contribution < -0.4 is 5.32 Å². The highest BCUT2D eigenvalue weighted by Gasteiger charge is 2.39. The number of rotatable bonds is 6. The van der Waals surface area contributed by atoms with Crippen LogP contribution in [-0.4, -0.2) is 39.3 Å². The van der Waals surface area contributed by atoms with Crippen LogP contribution in [0.4, 0.5) is 13.2 Å². The number of halogens is 4. The summed E-state index contributed by atoms with van der Waals surface area (Å²) < 4.78 is 66.7. The van der Waals surface area contributed by atoms with Gasteiger partial charge in [0.1, 0.15) is 6.33 Å². The molecule has 1 aromatic carbocycles. The molecule has 0 bridgehead atoms. The quantitative estimate of drug-likeness (QED) is 0.553. The molecule has 0 aliphatic heterocycles. The molecule has 1 amide bonds. The van der Waals surface area contributed by atoms with Gasteiger partial charge in [-0.1, -0.05) is 11.6 Å². The molecule has 0 spiro atoms. The second kappa shape index (κ2) is 8.41. The van der Waals surface area contributed by atoms with Crippen molar-refractivity contribution >= 4 is 27.3 Å². The normalized spacial score (nSPS) is 15.3. The largest absolute Gasteiger partial charge is 0.416 e. The van der Waals surface area contributed by atoms with Crippen LogP contribution in [0.25, 0.3) is 5.82 Å². The summed E-state index contributed by atoms with van der Waals surface area (Å²) in [5.74, 6) is -0.264. The van der Waals surface area contributed by atoms with Crippen molar-refractivity contribution in [2.45, 2.75) is 42.1 Å². The zero-order chi connectivity index (χ0) is 24.0. The number of carbonyl (C=O) groups excluding carboxylic acids is 1. The van der Waals surface area contributed by atoms with Crippen LogP contribution in [0.15, 0.2) is 47.8 Å². The zero-order valence-electron chi connectivity index (χ0n) is 17.0. The van der Waals surface area contributed by atoms with Gasteiger partial charge < -0.3 is 5.32 Å². The molecule has 1 fully saturated rings. The maximum Gasteiger partial charge on any atom is 0.416 e. The van der Waals surface area contributed by atoms with Crippen LogP contribution in [0.5, 0.6) is 0 Å². The summed E-state index contributed by atoms with van der Waals surface area (Å²) in [5, 5.41) is 6.29. The van der Waals surface area contributed by atoms with E-state index in [1.807, 2.05) is 0 Å². The van der Waals surface area contributed by atoms with E-state index in [0.29, 0.717) is 35.8 Å². The van der Waals surface area contributed by atoms with E-state index in [9.17, 15) is 26.4 Å². The third kappa shape index (κ3) is 4.86. The Labute approximate surface area is 191 Å². The van der Waals surface area contributed by atoms with Crippen molar-refractivity contribution in [1.29, 1.82) is 0 Å². The Morgan fingerprint density at radius 1 is 1.21 bits per heavy atom. The molecule has 1 atom stereocenters. The first-order valence-electron chi connectivity index (χ1n) is 9.75. The minimum Gasteiger partial charge on any atom is -0.342 e. The van der Waals surface area contributed by atoms with E-state index in [0.717, 1.165) is 6.07 Å². The van der Waals surface area contributed by atoms with E-state index in [4.69, 9.17) is 11.6 Å². The molecular weight excluding hydrogens is 483 g/mol. The summed E-state index contributed by atoms with van der Waals surface area (Å²) in [7, 11) is -3.95. The van der Waals surface area contributed by atoms with Gasteiger partial charge in [-0.25, -0.2) is 18.4 Å². The minimum atomic E-state index is -4.82. The first-order valence-corrected chi connectivity index (χ1v) is 11.7. The number of nitrogens with zero attached hydrogens (tertiary/aromatic N) is 4. The van der Waals surface area contributed by atoms with E-state index >= 15 is 0 Å². The molecule has 0 unspecified atom stereocenters. The van der Waals surface area contributed by atoms with Crippen molar-refractivity contribution in [2.24, 2.45) is 0 Å². The minimum absolute atomic E-state index is 0.260. The van der Waals surface area contributed by atoms with Gasteiger partial charge in [-0.05, 0) is 50.1 Å². The fourth-order valence-corrected chi connectivity index (χ4v) is 5.02. The monoisotopic (exact) mass is 499 g/mol. The van der Waals surface area contributed by atoms with E-state index in [-0.39, 0.29) is 5.82 Å². The molecule has 0 radical (unpaired) electrons. The van der Waals surface area contributed by atoms with Crippen LogP contribution in [0.1, 0.15) is 47.6 Å². The molecule has 4 rings (SSSR count). The van der Waals surface area contributed by atoms with Gasteiger partial charge in [0.05, 0.1) is 26.8 Å². The number of alkyl halides is 3. The maximum atomic E-state index is 13.4. The van der Waals surface area contributed by atoms with Gasteiger partial charge >= 0.3 is 6.18 Å². The second-order valence-electron chi connectivity index (χ2n) is 7.55. The van der Waals surface area contributed by atoms with Gasteiger partial charge in [0, 0.05) is 11.8 Å². The average Bonchev–Trinajstić information content (AvgIpc) is 3.51. The van der Waals surface area contributed by atoms with E-state index in [2.05, 4.69) is 20.4 Å². The third-order valence-corrected chi connectivity index (χ3v) is 7.49. The smallest absolute Gasteiger partial charge is 0.342 e. The van der Waals surface area contributed by atoms with Crippen LogP contribution >= 0.6 is 11.6 Å². The summed E-state index contributed by atoms with van der Waals surface area (Å²) >= 11 is 5.84. The molecule has 1 saturated carbocycles. The maximum absolute atomic E-state index is 13.4. The lowest BCUT2D eigenvalue weighted by Crippen LogP contribution is -2.29. The molecule has 0 saturated heterocycles. The number of benzene rings is 1. The number of sulfone groups is 1. The Bertz CT molecular complexity index is 1310. The predicted octanol–water partition coefficient (Wildman–Crippen LogP) is 3.76. The lowest BCUT2D eigenvalue weighted by atomic mass is 10.1. The Balaban J connectivity index is 1.64. The van der Waals surface area contributed by atoms with E-state index < -0.39 is 49.2 Å². The Kier molecular flexibility index (Phi) is 5.91. The lowest BCUT2D eigenvalue weighted by Gasteiger charge is -2.16. The van der Waals surface area contributed by atoms with Gasteiger partial charge in [0.2, 0.25) is 0 Å². The van der Waals surface area contributed by atoms with Crippen molar-refractivity contribution in [2.75, 3.05) is 0 Å². The molecule has 1 N–H and O–H groups in total. The summed E-state index contributed by atoms with van der Waals surface area (Å²) in [6.45, 7) is 1.56. The summed E-state index contributed by atoms with van der Waals surface area (Å²) in [4.78, 5) is 20.5. The van der Waals surface area contributed by atoms with Crippen molar-refractivity contribution in [1.82, 2.24) is 25.1 Å². The molecule has 174 valence electrons. The number of aromatic nitrogens is 4. The molecule has 3 aromatic rings. The highest BCUT2D eigenvalue weighted by Crippen LogP contribution is 2.37. The standard InChI is InChI=1S/C20H17ClF3N5O3S/c1-11(18-26-10-27-29(18)17-5-2-14(21)9-25-17)28-19(30)12-6-13(20(22,23)24)8-16(7-12)33(31,32)15-3-4-15/h2,5-11,15H,3-4H2,1H3,(H,28,30)/t11-/m0/s1. The van der Waals surface area contributed by atoms with Crippen molar-refractivity contribution in [3.63, 3.8) is 0 Å². The average molecular weight is 500 g/mol. The lowest BCUT2D eigenvalue weighted by molar-refractivity contribution is -0.137. The first kappa shape index (κ1) is 23.2. The topological polar surface area (TPSA) is 107 Å².